The molecule has 1 N–H and O–H groups in total. The molecule has 1 unspecified atom stereocenters. The fourth-order valence-electron chi connectivity index (χ4n) is 3.81. The van der Waals surface area contributed by atoms with Crippen molar-refractivity contribution in [2.45, 2.75) is 26.1 Å². The Morgan fingerprint density at radius 1 is 1.10 bits per heavy atom. The fraction of sp³-hybridized carbons (Fsp3) is 0.458. The van der Waals surface area contributed by atoms with E-state index in [2.05, 4.69) is 82.7 Å². The minimum Gasteiger partial charge on any atom is -0.376 e. The number of nitrogens with zero attached hydrogens (tertiary/aromatic N) is 3. The molecular weight excluding hydrogens is 360 g/mol. The van der Waals surface area contributed by atoms with Crippen LogP contribution >= 0.6 is 0 Å². The molecule has 2 aromatic rings. The Kier molecular flexibility index (Phi) is 8.08. The number of likely N-dealkylation sites (tertiary alicyclic amines) is 1. The van der Waals surface area contributed by atoms with E-state index in [4.69, 9.17) is 4.74 Å². The average molecular weight is 395 g/mol. The summed E-state index contributed by atoms with van der Waals surface area (Å²) in [4.78, 5) is 9.07. The summed E-state index contributed by atoms with van der Waals surface area (Å²) in [6.07, 6.45) is 1.15. The molecule has 1 aliphatic heterocycles. The Hall–Kier alpha value is -2.37. The lowest BCUT2D eigenvalue weighted by Crippen LogP contribution is -2.40. The highest BCUT2D eigenvalue weighted by molar-refractivity contribution is 5.80. The third-order valence-electron chi connectivity index (χ3n) is 5.30. The molecule has 0 amide bonds. The largest absolute Gasteiger partial charge is 0.376 e. The summed E-state index contributed by atoms with van der Waals surface area (Å²) in [6.45, 7) is 5.25. The van der Waals surface area contributed by atoms with Crippen molar-refractivity contribution in [3.05, 3.63) is 71.3 Å². The molecule has 0 aliphatic carbocycles. The van der Waals surface area contributed by atoms with Crippen molar-refractivity contribution in [3.8, 4) is 0 Å². The minimum absolute atomic E-state index is 0.554. The van der Waals surface area contributed by atoms with Crippen LogP contribution in [0, 0.1) is 5.92 Å². The maximum absolute atomic E-state index is 5.96. The molecule has 1 fully saturated rings. The maximum Gasteiger partial charge on any atom is 0.193 e. The van der Waals surface area contributed by atoms with E-state index in [1.54, 1.807) is 0 Å². The zero-order chi connectivity index (χ0) is 20.5. The van der Waals surface area contributed by atoms with E-state index < -0.39 is 0 Å². The molecule has 1 heterocycles. The molecule has 1 saturated heterocycles. The SMILES string of the molecule is CN=C(NCc1ccccc1CN(C)C)N1CCC(COCc2ccccc2)C1. The number of ether oxygens (including phenoxy) is 1. The Morgan fingerprint density at radius 2 is 1.83 bits per heavy atom. The van der Waals surface area contributed by atoms with Crippen LogP contribution < -0.4 is 5.32 Å². The highest BCUT2D eigenvalue weighted by Gasteiger charge is 2.25. The average Bonchev–Trinajstić information content (AvgIpc) is 3.19. The zero-order valence-corrected chi connectivity index (χ0v) is 18.0. The van der Waals surface area contributed by atoms with Gasteiger partial charge in [0.05, 0.1) is 13.2 Å². The molecule has 1 atom stereocenters. The van der Waals surface area contributed by atoms with Crippen LogP contribution in [0.15, 0.2) is 59.6 Å². The van der Waals surface area contributed by atoms with Gasteiger partial charge in [-0.3, -0.25) is 4.99 Å². The highest BCUT2D eigenvalue weighted by atomic mass is 16.5. The van der Waals surface area contributed by atoms with Gasteiger partial charge in [0.25, 0.3) is 0 Å². The van der Waals surface area contributed by atoms with Crippen molar-refractivity contribution in [3.63, 3.8) is 0 Å². The van der Waals surface area contributed by atoms with Crippen molar-refractivity contribution in [2.24, 2.45) is 10.9 Å². The molecule has 29 heavy (non-hydrogen) atoms. The van der Waals surface area contributed by atoms with Gasteiger partial charge in [0.15, 0.2) is 5.96 Å². The summed E-state index contributed by atoms with van der Waals surface area (Å²) in [6, 6.07) is 19.0. The number of guanidine groups is 1. The maximum atomic E-state index is 5.96. The first kappa shape index (κ1) is 21.3. The normalized spacial score (nSPS) is 17.2. The Balaban J connectivity index is 1.46. The molecule has 1 aliphatic rings. The standard InChI is InChI=1S/C24H34N4O/c1-25-24(26-15-22-11-7-8-12-23(22)17-27(2)3)28-14-13-21(16-28)19-29-18-20-9-5-4-6-10-20/h4-12,21H,13-19H2,1-3H3,(H,25,26). The Morgan fingerprint density at radius 3 is 2.55 bits per heavy atom. The molecule has 2 aromatic carbocycles. The quantitative estimate of drug-likeness (QED) is 0.551. The van der Waals surface area contributed by atoms with E-state index in [9.17, 15) is 0 Å². The third kappa shape index (κ3) is 6.58. The lowest BCUT2D eigenvalue weighted by molar-refractivity contribution is 0.0906. The van der Waals surface area contributed by atoms with Gasteiger partial charge >= 0.3 is 0 Å². The van der Waals surface area contributed by atoms with Gasteiger partial charge < -0.3 is 19.9 Å². The van der Waals surface area contributed by atoms with Gasteiger partial charge in [-0.2, -0.15) is 0 Å². The van der Waals surface area contributed by atoms with Crippen LogP contribution in [0.2, 0.25) is 0 Å². The monoisotopic (exact) mass is 394 g/mol. The van der Waals surface area contributed by atoms with E-state index in [1.807, 2.05) is 13.1 Å². The van der Waals surface area contributed by atoms with Gasteiger partial charge in [-0.25, -0.2) is 0 Å². The first-order valence-corrected chi connectivity index (χ1v) is 10.4. The Bertz CT molecular complexity index is 775. The van der Waals surface area contributed by atoms with Crippen LogP contribution in [0.1, 0.15) is 23.1 Å². The molecule has 0 saturated carbocycles. The van der Waals surface area contributed by atoms with Crippen molar-refractivity contribution >= 4 is 5.96 Å². The van der Waals surface area contributed by atoms with Crippen LogP contribution in [0.25, 0.3) is 0 Å². The molecule has 0 spiro atoms. The van der Waals surface area contributed by atoms with Crippen LogP contribution in [0.4, 0.5) is 0 Å². The van der Waals surface area contributed by atoms with Gasteiger partial charge in [0.2, 0.25) is 0 Å². The second kappa shape index (κ2) is 11.0. The molecule has 0 radical (unpaired) electrons. The van der Waals surface area contributed by atoms with E-state index in [1.165, 1.54) is 16.7 Å². The summed E-state index contributed by atoms with van der Waals surface area (Å²) >= 11 is 0. The summed E-state index contributed by atoms with van der Waals surface area (Å²) in [5.74, 6) is 1.54. The minimum atomic E-state index is 0.554. The number of benzene rings is 2. The topological polar surface area (TPSA) is 40.1 Å². The van der Waals surface area contributed by atoms with Crippen molar-refractivity contribution in [2.75, 3.05) is 40.8 Å². The van der Waals surface area contributed by atoms with Gasteiger partial charge in [-0.1, -0.05) is 54.6 Å². The second-order valence-electron chi connectivity index (χ2n) is 8.01. The molecule has 156 valence electrons. The molecule has 3 rings (SSSR count). The van der Waals surface area contributed by atoms with E-state index in [-0.39, 0.29) is 0 Å². The number of nitrogens with one attached hydrogen (secondary N) is 1. The molecule has 0 bridgehead atoms. The first-order valence-electron chi connectivity index (χ1n) is 10.4. The zero-order valence-electron chi connectivity index (χ0n) is 18.0. The predicted octanol–water partition coefficient (Wildman–Crippen LogP) is 3.36. The summed E-state index contributed by atoms with van der Waals surface area (Å²) in [5, 5.41) is 3.56. The lowest BCUT2D eigenvalue weighted by atomic mass is 10.1. The lowest BCUT2D eigenvalue weighted by Gasteiger charge is -2.23. The molecule has 0 aromatic heterocycles. The van der Waals surface area contributed by atoms with E-state index in [0.717, 1.165) is 45.2 Å². The third-order valence-corrected chi connectivity index (χ3v) is 5.30. The van der Waals surface area contributed by atoms with Crippen LogP contribution in [0.5, 0.6) is 0 Å². The van der Waals surface area contributed by atoms with Gasteiger partial charge in [0, 0.05) is 39.1 Å². The van der Waals surface area contributed by atoms with Gasteiger partial charge in [0.1, 0.15) is 0 Å². The molecule has 5 nitrogen and oxygen atoms in total. The van der Waals surface area contributed by atoms with Crippen molar-refractivity contribution in [1.82, 2.24) is 15.1 Å². The smallest absolute Gasteiger partial charge is 0.193 e. The summed E-state index contributed by atoms with van der Waals surface area (Å²) in [5.41, 5.74) is 3.91. The first-order chi connectivity index (χ1) is 14.2. The molecule has 5 heteroatoms. The number of hydrogen-bond donors (Lipinski definition) is 1. The Labute approximate surface area is 175 Å². The van der Waals surface area contributed by atoms with E-state index >= 15 is 0 Å². The van der Waals surface area contributed by atoms with E-state index in [0.29, 0.717) is 12.5 Å². The van der Waals surface area contributed by atoms with Crippen LogP contribution in [0.3, 0.4) is 0 Å². The number of rotatable bonds is 8. The van der Waals surface area contributed by atoms with Crippen molar-refractivity contribution in [1.29, 1.82) is 0 Å². The fourth-order valence-corrected chi connectivity index (χ4v) is 3.81. The molecular formula is C24H34N4O. The highest BCUT2D eigenvalue weighted by Crippen LogP contribution is 2.18. The number of hydrogen-bond acceptors (Lipinski definition) is 3. The van der Waals surface area contributed by atoms with Crippen LogP contribution in [-0.2, 0) is 24.4 Å². The summed E-state index contributed by atoms with van der Waals surface area (Å²) < 4.78 is 5.96. The van der Waals surface area contributed by atoms with Crippen molar-refractivity contribution < 1.29 is 4.74 Å². The van der Waals surface area contributed by atoms with Gasteiger partial charge in [-0.15, -0.1) is 0 Å². The number of aliphatic imine (C=N–C) groups is 1. The summed E-state index contributed by atoms with van der Waals surface area (Å²) in [7, 11) is 6.08. The predicted molar refractivity (Wildman–Crippen MR) is 120 cm³/mol. The van der Waals surface area contributed by atoms with Gasteiger partial charge in [-0.05, 0) is 37.2 Å². The van der Waals surface area contributed by atoms with Crippen LogP contribution in [-0.4, -0.2) is 56.6 Å². The second-order valence-corrected chi connectivity index (χ2v) is 8.01.